The number of halogens is 2. The Balaban J connectivity index is 0.00000162. The van der Waals surface area contributed by atoms with Gasteiger partial charge in [0, 0.05) is 5.69 Å². The van der Waals surface area contributed by atoms with Crippen molar-refractivity contribution < 1.29 is 9.53 Å². The molecule has 1 aliphatic heterocycles. The van der Waals surface area contributed by atoms with E-state index in [1.54, 1.807) is 25.3 Å². The SMILES string of the molecule is COc1ccc(NC(=O)C2CCCN2)cc1Cl.Cl. The van der Waals surface area contributed by atoms with Gasteiger partial charge in [0.25, 0.3) is 0 Å². The van der Waals surface area contributed by atoms with Crippen LogP contribution in [0.2, 0.25) is 5.02 Å². The molecular weight excluding hydrogens is 275 g/mol. The zero-order valence-electron chi connectivity index (χ0n) is 10.0. The van der Waals surface area contributed by atoms with Crippen molar-refractivity contribution in [2.45, 2.75) is 18.9 Å². The van der Waals surface area contributed by atoms with Crippen LogP contribution in [0.4, 0.5) is 5.69 Å². The fourth-order valence-electron chi connectivity index (χ4n) is 1.88. The zero-order chi connectivity index (χ0) is 12.3. The number of anilines is 1. The number of carbonyl (C=O) groups excluding carboxylic acids is 1. The first-order valence-corrected chi connectivity index (χ1v) is 5.96. The number of benzene rings is 1. The van der Waals surface area contributed by atoms with Crippen molar-refractivity contribution in [2.24, 2.45) is 0 Å². The predicted molar refractivity (Wildman–Crippen MR) is 74.9 cm³/mol. The lowest BCUT2D eigenvalue weighted by molar-refractivity contribution is -0.117. The quantitative estimate of drug-likeness (QED) is 0.899. The first-order chi connectivity index (χ1) is 8.20. The summed E-state index contributed by atoms with van der Waals surface area (Å²) in [4.78, 5) is 11.8. The Morgan fingerprint density at radius 2 is 2.33 bits per heavy atom. The van der Waals surface area contributed by atoms with Gasteiger partial charge in [0.1, 0.15) is 5.75 Å². The Labute approximate surface area is 117 Å². The molecule has 0 spiro atoms. The van der Waals surface area contributed by atoms with Gasteiger partial charge in [0.2, 0.25) is 5.91 Å². The summed E-state index contributed by atoms with van der Waals surface area (Å²) in [6, 6.07) is 5.11. The number of hydrogen-bond acceptors (Lipinski definition) is 3. The number of hydrogen-bond donors (Lipinski definition) is 2. The van der Waals surface area contributed by atoms with Crippen molar-refractivity contribution in [1.29, 1.82) is 0 Å². The van der Waals surface area contributed by atoms with Crippen LogP contribution in [-0.2, 0) is 4.79 Å². The Morgan fingerprint density at radius 1 is 1.56 bits per heavy atom. The molecule has 1 aromatic rings. The summed E-state index contributed by atoms with van der Waals surface area (Å²) < 4.78 is 5.05. The van der Waals surface area contributed by atoms with E-state index in [9.17, 15) is 4.79 Å². The van der Waals surface area contributed by atoms with Crippen LogP contribution in [0.25, 0.3) is 0 Å². The van der Waals surface area contributed by atoms with Crippen LogP contribution in [0.1, 0.15) is 12.8 Å². The predicted octanol–water partition coefficient (Wildman–Crippen LogP) is 2.46. The monoisotopic (exact) mass is 290 g/mol. The highest BCUT2D eigenvalue weighted by Gasteiger charge is 2.21. The van der Waals surface area contributed by atoms with Gasteiger partial charge in [0.15, 0.2) is 0 Å². The van der Waals surface area contributed by atoms with E-state index in [1.807, 2.05) is 0 Å². The van der Waals surface area contributed by atoms with E-state index >= 15 is 0 Å². The van der Waals surface area contributed by atoms with Crippen LogP contribution < -0.4 is 15.4 Å². The normalized spacial score (nSPS) is 18.0. The molecule has 6 heteroatoms. The van der Waals surface area contributed by atoms with Gasteiger partial charge in [-0.1, -0.05) is 11.6 Å². The van der Waals surface area contributed by atoms with Crippen molar-refractivity contribution in [2.75, 3.05) is 19.0 Å². The van der Waals surface area contributed by atoms with E-state index in [0.29, 0.717) is 16.5 Å². The molecule has 1 amide bonds. The molecule has 2 N–H and O–H groups in total. The Kier molecular flexibility index (Phi) is 5.72. The van der Waals surface area contributed by atoms with Gasteiger partial charge in [-0.2, -0.15) is 0 Å². The van der Waals surface area contributed by atoms with Gasteiger partial charge >= 0.3 is 0 Å². The Hall–Kier alpha value is -0.970. The summed E-state index contributed by atoms with van der Waals surface area (Å²) in [5.74, 6) is 0.590. The van der Waals surface area contributed by atoms with Gasteiger partial charge in [-0.25, -0.2) is 0 Å². The van der Waals surface area contributed by atoms with Gasteiger partial charge < -0.3 is 15.4 Å². The third kappa shape index (κ3) is 3.51. The van der Waals surface area contributed by atoms with Crippen LogP contribution in [0.3, 0.4) is 0 Å². The minimum Gasteiger partial charge on any atom is -0.495 e. The molecule has 2 rings (SSSR count). The number of amides is 1. The fourth-order valence-corrected chi connectivity index (χ4v) is 2.14. The maximum absolute atomic E-state index is 11.8. The molecule has 1 heterocycles. The van der Waals surface area contributed by atoms with Crippen molar-refractivity contribution in [3.63, 3.8) is 0 Å². The molecule has 0 aromatic heterocycles. The lowest BCUT2D eigenvalue weighted by Gasteiger charge is -2.12. The van der Waals surface area contributed by atoms with Gasteiger partial charge in [-0.15, -0.1) is 12.4 Å². The summed E-state index contributed by atoms with van der Waals surface area (Å²) >= 11 is 5.98. The lowest BCUT2D eigenvalue weighted by atomic mass is 10.2. The molecule has 1 aromatic carbocycles. The molecule has 4 nitrogen and oxygen atoms in total. The van der Waals surface area contributed by atoms with Crippen LogP contribution in [-0.4, -0.2) is 25.6 Å². The Bertz CT molecular complexity index is 421. The summed E-state index contributed by atoms with van der Waals surface area (Å²) in [6.07, 6.45) is 1.93. The van der Waals surface area contributed by atoms with Crippen molar-refractivity contribution in [3.8, 4) is 5.75 Å². The second kappa shape index (κ2) is 6.83. The highest BCUT2D eigenvalue weighted by atomic mass is 35.5. The molecule has 100 valence electrons. The van der Waals surface area contributed by atoms with E-state index in [-0.39, 0.29) is 24.4 Å². The van der Waals surface area contributed by atoms with Gasteiger partial charge in [0.05, 0.1) is 18.2 Å². The van der Waals surface area contributed by atoms with Gasteiger partial charge in [-0.05, 0) is 37.6 Å². The fraction of sp³-hybridized carbons (Fsp3) is 0.417. The Morgan fingerprint density at radius 3 is 2.89 bits per heavy atom. The molecular formula is C12H16Cl2N2O2. The van der Waals surface area contributed by atoms with E-state index in [2.05, 4.69) is 10.6 Å². The molecule has 1 aliphatic rings. The van der Waals surface area contributed by atoms with E-state index < -0.39 is 0 Å². The summed E-state index contributed by atoms with van der Waals surface area (Å²) in [5, 5.41) is 6.47. The van der Waals surface area contributed by atoms with Crippen LogP contribution in [0, 0.1) is 0 Å². The number of ether oxygens (including phenoxy) is 1. The molecule has 1 atom stereocenters. The largest absolute Gasteiger partial charge is 0.495 e. The molecule has 1 saturated heterocycles. The van der Waals surface area contributed by atoms with Crippen LogP contribution in [0.5, 0.6) is 5.75 Å². The van der Waals surface area contributed by atoms with Gasteiger partial charge in [-0.3, -0.25) is 4.79 Å². The molecule has 1 fully saturated rings. The third-order valence-corrected chi connectivity index (χ3v) is 3.09. The molecule has 0 saturated carbocycles. The first-order valence-electron chi connectivity index (χ1n) is 5.58. The summed E-state index contributed by atoms with van der Waals surface area (Å²) in [5.41, 5.74) is 0.689. The number of methoxy groups -OCH3 is 1. The van der Waals surface area contributed by atoms with E-state index in [0.717, 1.165) is 19.4 Å². The maximum Gasteiger partial charge on any atom is 0.241 e. The minimum atomic E-state index is -0.0872. The maximum atomic E-state index is 11.8. The highest BCUT2D eigenvalue weighted by molar-refractivity contribution is 6.32. The van der Waals surface area contributed by atoms with E-state index in [4.69, 9.17) is 16.3 Å². The number of nitrogens with one attached hydrogen (secondary N) is 2. The summed E-state index contributed by atoms with van der Waals surface area (Å²) in [6.45, 7) is 0.904. The van der Waals surface area contributed by atoms with Crippen molar-refractivity contribution >= 4 is 35.6 Å². The standard InChI is InChI=1S/C12H15ClN2O2.ClH/c1-17-11-5-4-8(7-9(11)13)15-12(16)10-3-2-6-14-10;/h4-5,7,10,14H,2-3,6H2,1H3,(H,15,16);1H. The average molecular weight is 291 g/mol. The topological polar surface area (TPSA) is 50.4 Å². The second-order valence-electron chi connectivity index (χ2n) is 3.99. The zero-order valence-corrected chi connectivity index (χ0v) is 11.6. The summed E-state index contributed by atoms with van der Waals surface area (Å²) in [7, 11) is 1.56. The lowest BCUT2D eigenvalue weighted by Crippen LogP contribution is -2.35. The second-order valence-corrected chi connectivity index (χ2v) is 4.39. The van der Waals surface area contributed by atoms with Crippen molar-refractivity contribution in [3.05, 3.63) is 23.2 Å². The highest BCUT2D eigenvalue weighted by Crippen LogP contribution is 2.27. The first kappa shape index (κ1) is 15.1. The molecule has 1 unspecified atom stereocenters. The van der Waals surface area contributed by atoms with E-state index in [1.165, 1.54) is 0 Å². The number of carbonyl (C=O) groups is 1. The van der Waals surface area contributed by atoms with Crippen LogP contribution in [0.15, 0.2) is 18.2 Å². The minimum absolute atomic E-state index is 0. The van der Waals surface area contributed by atoms with Crippen molar-refractivity contribution in [1.82, 2.24) is 5.32 Å². The molecule has 0 bridgehead atoms. The van der Waals surface area contributed by atoms with Crippen LogP contribution >= 0.6 is 24.0 Å². The number of rotatable bonds is 3. The smallest absolute Gasteiger partial charge is 0.241 e. The molecule has 0 radical (unpaired) electrons. The molecule has 18 heavy (non-hydrogen) atoms. The average Bonchev–Trinajstić information content (AvgIpc) is 2.82. The molecule has 0 aliphatic carbocycles. The third-order valence-electron chi connectivity index (χ3n) is 2.80.